The van der Waals surface area contributed by atoms with E-state index in [1.54, 1.807) is 30.5 Å². The minimum absolute atomic E-state index is 0.0439. The Bertz CT molecular complexity index is 1240. The van der Waals surface area contributed by atoms with Crippen molar-refractivity contribution in [2.45, 2.75) is 18.7 Å². The van der Waals surface area contributed by atoms with Crippen LogP contribution in [-0.2, 0) is 10.0 Å². The number of carbonyl (C=O) groups is 1. The zero-order valence-electron chi connectivity index (χ0n) is 16.8. The Balaban J connectivity index is 1.61. The summed E-state index contributed by atoms with van der Waals surface area (Å²) in [5, 5.41) is 0.778. The summed E-state index contributed by atoms with van der Waals surface area (Å²) in [5.74, 6) is -0.914. The number of hydrogen-bond acceptors (Lipinski definition) is 5. The van der Waals surface area contributed by atoms with E-state index in [0.717, 1.165) is 10.9 Å². The number of carbonyl (C=O) groups excluding carboxylic acids is 1. The number of benzene rings is 2. The summed E-state index contributed by atoms with van der Waals surface area (Å²) in [5.41, 5.74) is 1.96. The number of nitrogens with zero attached hydrogens (tertiary/aromatic N) is 3. The molecule has 3 aromatic rings. The summed E-state index contributed by atoms with van der Waals surface area (Å²) in [6.07, 6.45) is 1.66. The minimum atomic E-state index is -3.74. The fourth-order valence-corrected chi connectivity index (χ4v) is 5.47. The van der Waals surface area contributed by atoms with Gasteiger partial charge in [-0.15, -0.1) is 0 Å². The molecule has 1 saturated heterocycles. The lowest BCUT2D eigenvalue weighted by molar-refractivity contribution is 0.101. The van der Waals surface area contributed by atoms with Crippen LogP contribution in [0.1, 0.15) is 22.8 Å². The van der Waals surface area contributed by atoms with Crippen LogP contribution in [-0.4, -0.2) is 49.7 Å². The number of pyridine rings is 1. The second kappa shape index (κ2) is 7.77. The second-order valence-electron chi connectivity index (χ2n) is 7.42. The zero-order valence-corrected chi connectivity index (χ0v) is 17.6. The molecule has 4 rings (SSSR count). The molecule has 0 radical (unpaired) electrons. The molecule has 1 fully saturated rings. The largest absolute Gasteiger partial charge is 0.368 e. The maximum absolute atomic E-state index is 14.2. The molecule has 30 heavy (non-hydrogen) atoms. The van der Waals surface area contributed by atoms with Crippen LogP contribution in [0.4, 0.5) is 10.1 Å². The van der Waals surface area contributed by atoms with Gasteiger partial charge in [0.05, 0.1) is 16.8 Å². The number of halogens is 1. The standard InChI is InChI=1S/C22H22FN3O3S/c1-15-13-17-5-3-8-20(22(17)24-14-15)30(28,29)26-11-9-25(10-12-26)19-7-4-6-18(23)21(19)16(2)27/h3-8,13-14H,9-12H2,1-2H3. The number of aryl methyl sites for hydroxylation is 1. The molecule has 1 aliphatic heterocycles. The molecular weight excluding hydrogens is 405 g/mol. The number of piperazine rings is 1. The van der Waals surface area contributed by atoms with Crippen LogP contribution in [0, 0.1) is 12.7 Å². The van der Waals surface area contributed by atoms with Crippen molar-refractivity contribution in [3.05, 3.63) is 65.6 Å². The van der Waals surface area contributed by atoms with Crippen LogP contribution < -0.4 is 4.90 Å². The van der Waals surface area contributed by atoms with Crippen LogP contribution in [0.5, 0.6) is 0 Å². The molecule has 0 aliphatic carbocycles. The van der Waals surface area contributed by atoms with E-state index in [1.165, 1.54) is 17.3 Å². The molecular formula is C22H22FN3O3S. The summed E-state index contributed by atoms with van der Waals surface area (Å²) >= 11 is 0. The molecule has 1 aromatic heterocycles. The Labute approximate surface area is 175 Å². The Hall–Kier alpha value is -2.84. The maximum Gasteiger partial charge on any atom is 0.245 e. The van der Waals surface area contributed by atoms with Crippen molar-refractivity contribution in [2.75, 3.05) is 31.1 Å². The van der Waals surface area contributed by atoms with Gasteiger partial charge in [0.15, 0.2) is 5.78 Å². The first-order valence-corrected chi connectivity index (χ1v) is 11.1. The summed E-state index contributed by atoms with van der Waals surface area (Å²) in [7, 11) is -3.74. The normalized spacial score (nSPS) is 15.5. The highest BCUT2D eigenvalue weighted by atomic mass is 32.2. The van der Waals surface area contributed by atoms with E-state index in [1.807, 2.05) is 24.0 Å². The van der Waals surface area contributed by atoms with E-state index in [0.29, 0.717) is 24.3 Å². The van der Waals surface area contributed by atoms with Crippen molar-refractivity contribution in [3.63, 3.8) is 0 Å². The van der Waals surface area contributed by atoms with Gasteiger partial charge < -0.3 is 4.90 Å². The van der Waals surface area contributed by atoms with Gasteiger partial charge in [0.1, 0.15) is 10.7 Å². The number of hydrogen-bond donors (Lipinski definition) is 0. The summed E-state index contributed by atoms with van der Waals surface area (Å²) in [6.45, 7) is 4.43. The topological polar surface area (TPSA) is 70.6 Å². The highest BCUT2D eigenvalue weighted by Crippen LogP contribution is 2.28. The molecule has 0 N–H and O–H groups in total. The molecule has 0 saturated carbocycles. The third-order valence-corrected chi connectivity index (χ3v) is 7.28. The zero-order chi connectivity index (χ0) is 21.5. The van der Waals surface area contributed by atoms with Crippen molar-refractivity contribution in [1.29, 1.82) is 0 Å². The van der Waals surface area contributed by atoms with Crippen LogP contribution >= 0.6 is 0 Å². The lowest BCUT2D eigenvalue weighted by Crippen LogP contribution is -2.49. The third-order valence-electron chi connectivity index (χ3n) is 5.35. The van der Waals surface area contributed by atoms with Gasteiger partial charge >= 0.3 is 0 Å². The lowest BCUT2D eigenvalue weighted by Gasteiger charge is -2.36. The minimum Gasteiger partial charge on any atom is -0.368 e. The quantitative estimate of drug-likeness (QED) is 0.597. The van der Waals surface area contributed by atoms with E-state index >= 15 is 0 Å². The smallest absolute Gasteiger partial charge is 0.245 e. The van der Waals surface area contributed by atoms with Crippen molar-refractivity contribution in [1.82, 2.24) is 9.29 Å². The number of para-hydroxylation sites is 1. The van der Waals surface area contributed by atoms with Gasteiger partial charge in [-0.2, -0.15) is 4.31 Å². The predicted molar refractivity (Wildman–Crippen MR) is 114 cm³/mol. The van der Waals surface area contributed by atoms with E-state index in [-0.39, 0.29) is 29.3 Å². The molecule has 2 aromatic carbocycles. The fraction of sp³-hybridized carbons (Fsp3) is 0.273. The molecule has 0 atom stereocenters. The molecule has 0 amide bonds. The Morgan fingerprint density at radius 3 is 2.47 bits per heavy atom. The molecule has 2 heterocycles. The van der Waals surface area contributed by atoms with E-state index < -0.39 is 15.8 Å². The van der Waals surface area contributed by atoms with Gasteiger partial charge in [0.25, 0.3) is 0 Å². The van der Waals surface area contributed by atoms with Crippen molar-refractivity contribution in [2.24, 2.45) is 0 Å². The first-order valence-electron chi connectivity index (χ1n) is 9.69. The van der Waals surface area contributed by atoms with Gasteiger partial charge in [0.2, 0.25) is 10.0 Å². The van der Waals surface area contributed by atoms with Crippen LogP contribution in [0.3, 0.4) is 0 Å². The average molecular weight is 428 g/mol. The summed E-state index contributed by atoms with van der Waals surface area (Å²) < 4.78 is 42.2. The van der Waals surface area contributed by atoms with Crippen molar-refractivity contribution in [3.8, 4) is 0 Å². The Kier molecular flexibility index (Phi) is 5.29. The van der Waals surface area contributed by atoms with Crippen LogP contribution in [0.25, 0.3) is 10.9 Å². The first kappa shape index (κ1) is 20.4. The van der Waals surface area contributed by atoms with Crippen molar-refractivity contribution < 1.29 is 17.6 Å². The Morgan fingerprint density at radius 1 is 1.07 bits per heavy atom. The lowest BCUT2D eigenvalue weighted by atomic mass is 10.1. The molecule has 0 bridgehead atoms. The summed E-state index contributed by atoms with van der Waals surface area (Å²) in [6, 6.07) is 11.6. The molecule has 8 heteroatoms. The van der Waals surface area contributed by atoms with Gasteiger partial charge in [0, 0.05) is 37.8 Å². The Morgan fingerprint density at radius 2 is 1.77 bits per heavy atom. The number of anilines is 1. The number of Topliss-reactive ketones (excluding diaryl/α,β-unsaturated/α-hetero) is 1. The van der Waals surface area contributed by atoms with E-state index in [4.69, 9.17) is 0 Å². The molecule has 0 spiro atoms. The summed E-state index contributed by atoms with van der Waals surface area (Å²) in [4.78, 5) is 18.3. The average Bonchev–Trinajstić information content (AvgIpc) is 2.72. The number of ketones is 1. The SMILES string of the molecule is CC(=O)c1c(F)cccc1N1CCN(S(=O)(=O)c2cccc3cc(C)cnc23)CC1. The van der Waals surface area contributed by atoms with Crippen molar-refractivity contribution >= 4 is 32.4 Å². The van der Waals surface area contributed by atoms with Gasteiger partial charge in [-0.25, -0.2) is 12.8 Å². The third kappa shape index (κ3) is 3.57. The van der Waals surface area contributed by atoms with Crippen LogP contribution in [0.15, 0.2) is 53.6 Å². The monoisotopic (exact) mass is 427 g/mol. The van der Waals surface area contributed by atoms with Gasteiger partial charge in [-0.1, -0.05) is 18.2 Å². The highest BCUT2D eigenvalue weighted by molar-refractivity contribution is 7.89. The molecule has 6 nitrogen and oxygen atoms in total. The number of aromatic nitrogens is 1. The molecule has 0 unspecified atom stereocenters. The molecule has 1 aliphatic rings. The number of sulfonamides is 1. The second-order valence-corrected chi connectivity index (χ2v) is 9.33. The maximum atomic E-state index is 14.2. The van der Waals surface area contributed by atoms with E-state index in [2.05, 4.69) is 4.98 Å². The highest BCUT2D eigenvalue weighted by Gasteiger charge is 2.31. The number of fused-ring (bicyclic) bond motifs is 1. The van der Waals surface area contributed by atoms with E-state index in [9.17, 15) is 17.6 Å². The number of rotatable bonds is 4. The molecule has 156 valence electrons. The van der Waals surface area contributed by atoms with Gasteiger partial charge in [-0.3, -0.25) is 9.78 Å². The predicted octanol–water partition coefficient (Wildman–Crippen LogP) is 3.40. The van der Waals surface area contributed by atoms with Crippen LogP contribution in [0.2, 0.25) is 0 Å². The fourth-order valence-electron chi connectivity index (χ4n) is 3.88. The van der Waals surface area contributed by atoms with Gasteiger partial charge in [-0.05, 0) is 43.7 Å². The first-order chi connectivity index (χ1) is 14.3.